The van der Waals surface area contributed by atoms with Crippen molar-refractivity contribution in [2.75, 3.05) is 6.54 Å². The van der Waals surface area contributed by atoms with Crippen LogP contribution >= 0.6 is 0 Å². The fourth-order valence-corrected chi connectivity index (χ4v) is 1.40. The number of aromatic amines is 1. The summed E-state index contributed by atoms with van der Waals surface area (Å²) in [4.78, 5) is 35.2. The second-order valence-electron chi connectivity index (χ2n) is 4.03. The first-order valence-corrected chi connectivity index (χ1v) is 5.32. The first kappa shape index (κ1) is 13.8. The molecule has 1 aromatic rings. The number of aromatic hydroxyl groups is 1. The van der Waals surface area contributed by atoms with E-state index in [2.05, 4.69) is 10.3 Å². The smallest absolute Gasteiger partial charge is 0.303 e. The number of carboxylic acid groups (broad SMARTS) is 1. The maximum Gasteiger partial charge on any atom is 0.303 e. The highest BCUT2D eigenvalue weighted by Crippen LogP contribution is 2.05. The van der Waals surface area contributed by atoms with E-state index in [0.717, 1.165) is 12.1 Å². The van der Waals surface area contributed by atoms with Gasteiger partial charge in [-0.15, -0.1) is 0 Å². The molecule has 4 N–H and O–H groups in total. The molecule has 0 saturated heterocycles. The standard InChI is InChI=1S/C11H14N2O5/c1-6(2-10(16)17)5-12-11(18)7-3-8(14)13-9(15)4-7/h3-4,6H,2,5H2,1H3,(H,12,18)(H,16,17)(H2,13,14,15). The summed E-state index contributed by atoms with van der Waals surface area (Å²) in [5.74, 6) is -2.09. The topological polar surface area (TPSA) is 119 Å². The van der Waals surface area contributed by atoms with Gasteiger partial charge < -0.3 is 15.5 Å². The number of hydrogen-bond acceptors (Lipinski definition) is 4. The van der Waals surface area contributed by atoms with Crippen LogP contribution in [0.1, 0.15) is 23.7 Å². The van der Waals surface area contributed by atoms with Crippen LogP contribution in [0, 0.1) is 5.92 Å². The minimum atomic E-state index is -0.939. The van der Waals surface area contributed by atoms with Gasteiger partial charge in [0, 0.05) is 25.1 Å². The number of aromatic nitrogens is 1. The Hall–Kier alpha value is -2.31. The number of rotatable bonds is 5. The zero-order chi connectivity index (χ0) is 13.7. The van der Waals surface area contributed by atoms with Gasteiger partial charge in [0.05, 0.1) is 5.56 Å². The van der Waals surface area contributed by atoms with Crippen LogP contribution in [0.2, 0.25) is 0 Å². The van der Waals surface area contributed by atoms with Crippen LogP contribution in [0.25, 0.3) is 0 Å². The Balaban J connectivity index is 2.60. The molecule has 0 fully saturated rings. The number of carbonyl (C=O) groups is 2. The predicted octanol–water partition coefficient (Wildman–Crippen LogP) is -0.0789. The molecule has 0 aliphatic heterocycles. The van der Waals surface area contributed by atoms with E-state index in [9.17, 15) is 14.4 Å². The summed E-state index contributed by atoms with van der Waals surface area (Å²) in [6.07, 6.45) is -0.0547. The lowest BCUT2D eigenvalue weighted by atomic mass is 10.1. The zero-order valence-electron chi connectivity index (χ0n) is 9.77. The molecule has 0 bridgehead atoms. The van der Waals surface area contributed by atoms with Crippen molar-refractivity contribution in [3.8, 4) is 5.88 Å². The highest BCUT2D eigenvalue weighted by molar-refractivity contribution is 5.94. The van der Waals surface area contributed by atoms with E-state index < -0.39 is 23.3 Å². The molecule has 0 radical (unpaired) electrons. The number of hydrogen-bond donors (Lipinski definition) is 4. The van der Waals surface area contributed by atoms with Crippen molar-refractivity contribution in [3.05, 3.63) is 28.0 Å². The highest BCUT2D eigenvalue weighted by Gasteiger charge is 2.11. The number of carboxylic acids is 1. The molecule has 1 atom stereocenters. The average molecular weight is 254 g/mol. The summed E-state index contributed by atoms with van der Waals surface area (Å²) in [5, 5.41) is 20.2. The van der Waals surface area contributed by atoms with E-state index in [1.54, 1.807) is 6.92 Å². The van der Waals surface area contributed by atoms with E-state index in [1.807, 2.05) is 0 Å². The molecular formula is C11H14N2O5. The molecule has 0 saturated carbocycles. The van der Waals surface area contributed by atoms with Crippen LogP contribution in [0.3, 0.4) is 0 Å². The molecule has 1 amide bonds. The van der Waals surface area contributed by atoms with E-state index in [4.69, 9.17) is 10.2 Å². The molecule has 7 nitrogen and oxygen atoms in total. The van der Waals surface area contributed by atoms with Crippen LogP contribution in [-0.4, -0.2) is 33.6 Å². The summed E-state index contributed by atoms with van der Waals surface area (Å²) in [7, 11) is 0. The van der Waals surface area contributed by atoms with Gasteiger partial charge in [0.25, 0.3) is 11.5 Å². The van der Waals surface area contributed by atoms with Gasteiger partial charge in [0.1, 0.15) is 0 Å². The van der Waals surface area contributed by atoms with Crippen LogP contribution in [-0.2, 0) is 4.79 Å². The third-order valence-corrected chi connectivity index (χ3v) is 2.23. The average Bonchev–Trinajstić information content (AvgIpc) is 2.23. The predicted molar refractivity (Wildman–Crippen MR) is 62.5 cm³/mol. The lowest BCUT2D eigenvalue weighted by molar-refractivity contribution is -0.137. The van der Waals surface area contributed by atoms with Crippen LogP contribution in [0.5, 0.6) is 5.88 Å². The molecule has 0 spiro atoms. The molecule has 1 unspecified atom stereocenters. The summed E-state index contributed by atoms with van der Waals surface area (Å²) < 4.78 is 0. The molecular weight excluding hydrogens is 240 g/mol. The van der Waals surface area contributed by atoms with Gasteiger partial charge >= 0.3 is 5.97 Å². The Morgan fingerprint density at radius 2 is 2.11 bits per heavy atom. The van der Waals surface area contributed by atoms with Crippen molar-refractivity contribution in [1.82, 2.24) is 10.3 Å². The first-order chi connectivity index (χ1) is 8.38. The van der Waals surface area contributed by atoms with Crippen molar-refractivity contribution in [3.63, 3.8) is 0 Å². The number of nitrogens with one attached hydrogen (secondary N) is 2. The Morgan fingerprint density at radius 3 is 2.67 bits per heavy atom. The number of aliphatic carboxylic acids is 1. The first-order valence-electron chi connectivity index (χ1n) is 5.32. The monoisotopic (exact) mass is 254 g/mol. The normalized spacial score (nSPS) is 11.8. The quantitative estimate of drug-likeness (QED) is 0.586. The largest absolute Gasteiger partial charge is 0.494 e. The SMILES string of the molecule is CC(CNC(=O)c1cc(O)[nH]c(=O)c1)CC(=O)O. The van der Waals surface area contributed by atoms with Crippen LogP contribution < -0.4 is 10.9 Å². The Morgan fingerprint density at radius 1 is 1.44 bits per heavy atom. The molecule has 7 heteroatoms. The Bertz CT molecular complexity index is 508. The maximum absolute atomic E-state index is 11.6. The van der Waals surface area contributed by atoms with Gasteiger partial charge in [-0.05, 0) is 5.92 Å². The lowest BCUT2D eigenvalue weighted by Crippen LogP contribution is -2.29. The number of H-pyrrole nitrogens is 1. The van der Waals surface area contributed by atoms with E-state index >= 15 is 0 Å². The van der Waals surface area contributed by atoms with Gasteiger partial charge in [-0.3, -0.25) is 19.4 Å². The van der Waals surface area contributed by atoms with E-state index in [1.165, 1.54) is 0 Å². The molecule has 0 aliphatic carbocycles. The van der Waals surface area contributed by atoms with E-state index in [0.29, 0.717) is 0 Å². The van der Waals surface area contributed by atoms with Gasteiger partial charge in [-0.25, -0.2) is 0 Å². The minimum absolute atomic E-state index is 0.0266. The van der Waals surface area contributed by atoms with Crippen molar-refractivity contribution in [2.45, 2.75) is 13.3 Å². The van der Waals surface area contributed by atoms with Crippen LogP contribution in [0.4, 0.5) is 0 Å². The molecule has 0 aliphatic rings. The molecule has 18 heavy (non-hydrogen) atoms. The van der Waals surface area contributed by atoms with Gasteiger partial charge in [0.15, 0.2) is 5.88 Å². The molecule has 1 rings (SSSR count). The second-order valence-corrected chi connectivity index (χ2v) is 4.03. The zero-order valence-corrected chi connectivity index (χ0v) is 9.77. The highest BCUT2D eigenvalue weighted by atomic mass is 16.4. The minimum Gasteiger partial charge on any atom is -0.494 e. The van der Waals surface area contributed by atoms with Gasteiger partial charge in [-0.2, -0.15) is 0 Å². The van der Waals surface area contributed by atoms with Crippen molar-refractivity contribution in [2.24, 2.45) is 5.92 Å². The maximum atomic E-state index is 11.6. The third-order valence-electron chi connectivity index (χ3n) is 2.23. The van der Waals surface area contributed by atoms with Gasteiger partial charge in [-0.1, -0.05) is 6.92 Å². The number of amides is 1. The van der Waals surface area contributed by atoms with Crippen molar-refractivity contribution in [1.29, 1.82) is 0 Å². The molecule has 1 aromatic heterocycles. The molecule has 0 aromatic carbocycles. The summed E-state index contributed by atoms with van der Waals surface area (Å²) in [5.41, 5.74) is -0.558. The Kier molecular flexibility index (Phi) is 4.47. The number of carbonyl (C=O) groups excluding carboxylic acids is 1. The van der Waals surface area contributed by atoms with Crippen molar-refractivity contribution < 1.29 is 19.8 Å². The Labute approximate surface area is 102 Å². The van der Waals surface area contributed by atoms with Gasteiger partial charge in [0.2, 0.25) is 0 Å². The molecule has 1 heterocycles. The fourth-order valence-electron chi connectivity index (χ4n) is 1.40. The summed E-state index contributed by atoms with van der Waals surface area (Å²) >= 11 is 0. The van der Waals surface area contributed by atoms with Crippen LogP contribution in [0.15, 0.2) is 16.9 Å². The third kappa shape index (κ3) is 4.28. The molecule has 98 valence electrons. The fraction of sp³-hybridized carbons (Fsp3) is 0.364. The van der Waals surface area contributed by atoms with E-state index in [-0.39, 0.29) is 24.4 Å². The summed E-state index contributed by atoms with van der Waals surface area (Å²) in [6.45, 7) is 1.86. The summed E-state index contributed by atoms with van der Waals surface area (Å²) in [6, 6.07) is 2.18. The lowest BCUT2D eigenvalue weighted by Gasteiger charge is -2.10. The van der Waals surface area contributed by atoms with Crippen molar-refractivity contribution >= 4 is 11.9 Å². The number of pyridine rings is 1. The second kappa shape index (κ2) is 5.85.